The van der Waals surface area contributed by atoms with Crippen molar-refractivity contribution in [3.63, 3.8) is 0 Å². The second-order valence-electron chi connectivity index (χ2n) is 6.01. The average molecular weight is 365 g/mol. The number of hydrazine groups is 1. The lowest BCUT2D eigenvalue weighted by Gasteiger charge is -2.17. The molecule has 26 heavy (non-hydrogen) atoms. The average Bonchev–Trinajstić information content (AvgIpc) is 3.41. The standard InChI is InChI=1S/C17H14F3N3O3/c18-17(19,20)12-6-7-13(14(10-12)23(25)26)21-22-15(24)16(8-9-16)11-4-2-1-3-5-11/h1-7,10,21H,8-9H2,(H,22,24). The Balaban J connectivity index is 1.78. The number of nitro groups is 1. The van der Waals surface area contributed by atoms with Gasteiger partial charge in [0.05, 0.1) is 15.9 Å². The van der Waals surface area contributed by atoms with Crippen LogP contribution in [0.2, 0.25) is 0 Å². The van der Waals surface area contributed by atoms with Gasteiger partial charge in [0.25, 0.3) is 5.69 Å². The van der Waals surface area contributed by atoms with E-state index in [4.69, 9.17) is 0 Å². The molecule has 9 heteroatoms. The van der Waals surface area contributed by atoms with E-state index in [9.17, 15) is 28.1 Å². The van der Waals surface area contributed by atoms with E-state index < -0.39 is 33.7 Å². The van der Waals surface area contributed by atoms with Crippen LogP contribution >= 0.6 is 0 Å². The zero-order chi connectivity index (χ0) is 18.9. The Labute approximate surface area is 146 Å². The summed E-state index contributed by atoms with van der Waals surface area (Å²) in [5, 5.41) is 11.1. The number of carbonyl (C=O) groups is 1. The summed E-state index contributed by atoms with van der Waals surface area (Å²) in [6.45, 7) is 0. The van der Waals surface area contributed by atoms with Crippen molar-refractivity contribution in [2.24, 2.45) is 0 Å². The van der Waals surface area contributed by atoms with E-state index in [0.29, 0.717) is 25.0 Å². The number of hydrogen-bond donors (Lipinski definition) is 2. The summed E-state index contributed by atoms with van der Waals surface area (Å²) in [4.78, 5) is 22.6. The SMILES string of the molecule is O=C(NNc1ccc(C(F)(F)F)cc1[N+](=O)[O-])C1(c2ccccc2)CC1. The zero-order valence-electron chi connectivity index (χ0n) is 13.3. The maximum atomic E-state index is 12.7. The highest BCUT2D eigenvalue weighted by Crippen LogP contribution is 2.48. The van der Waals surface area contributed by atoms with Crippen LogP contribution in [-0.4, -0.2) is 10.8 Å². The Morgan fingerprint density at radius 2 is 1.77 bits per heavy atom. The van der Waals surface area contributed by atoms with Gasteiger partial charge in [-0.2, -0.15) is 13.2 Å². The maximum Gasteiger partial charge on any atom is 0.416 e. The number of alkyl halides is 3. The number of rotatable bonds is 5. The minimum atomic E-state index is -4.70. The summed E-state index contributed by atoms with van der Waals surface area (Å²) in [5.74, 6) is -0.391. The van der Waals surface area contributed by atoms with Gasteiger partial charge >= 0.3 is 6.18 Å². The van der Waals surface area contributed by atoms with E-state index >= 15 is 0 Å². The van der Waals surface area contributed by atoms with Gasteiger partial charge < -0.3 is 0 Å². The van der Waals surface area contributed by atoms with E-state index in [0.717, 1.165) is 11.6 Å². The van der Waals surface area contributed by atoms with Gasteiger partial charge in [0.15, 0.2) is 0 Å². The first-order chi connectivity index (χ1) is 12.2. The Hall–Kier alpha value is -3.10. The number of carbonyl (C=O) groups excluding carboxylic acids is 1. The highest BCUT2D eigenvalue weighted by molar-refractivity contribution is 5.92. The number of benzene rings is 2. The number of nitrogens with zero attached hydrogens (tertiary/aromatic N) is 1. The normalized spacial score (nSPS) is 15.2. The molecule has 0 bridgehead atoms. The summed E-state index contributed by atoms with van der Waals surface area (Å²) in [6.07, 6.45) is -3.45. The van der Waals surface area contributed by atoms with Crippen LogP contribution in [0.3, 0.4) is 0 Å². The lowest BCUT2D eigenvalue weighted by atomic mass is 9.95. The molecule has 2 N–H and O–H groups in total. The lowest BCUT2D eigenvalue weighted by Crippen LogP contribution is -2.38. The number of hydrogen-bond acceptors (Lipinski definition) is 4. The van der Waals surface area contributed by atoms with Crippen LogP contribution in [0.5, 0.6) is 0 Å². The molecule has 0 unspecified atom stereocenters. The molecule has 1 saturated carbocycles. The van der Waals surface area contributed by atoms with Crippen molar-refractivity contribution < 1.29 is 22.9 Å². The minimum absolute atomic E-state index is 0.222. The van der Waals surface area contributed by atoms with Gasteiger partial charge in [-0.25, -0.2) is 0 Å². The third kappa shape index (κ3) is 3.32. The van der Waals surface area contributed by atoms with Gasteiger partial charge in [0, 0.05) is 6.07 Å². The Morgan fingerprint density at radius 1 is 1.12 bits per heavy atom. The molecule has 0 spiro atoms. The summed E-state index contributed by atoms with van der Waals surface area (Å²) in [5.41, 5.74) is 2.74. The molecule has 0 radical (unpaired) electrons. The number of anilines is 1. The first-order valence-corrected chi connectivity index (χ1v) is 7.72. The fourth-order valence-electron chi connectivity index (χ4n) is 2.74. The monoisotopic (exact) mass is 365 g/mol. The molecule has 1 aliphatic rings. The topological polar surface area (TPSA) is 84.3 Å². The van der Waals surface area contributed by atoms with E-state index in [2.05, 4.69) is 10.9 Å². The van der Waals surface area contributed by atoms with Gasteiger partial charge in [-0.15, -0.1) is 0 Å². The number of nitro benzene ring substituents is 1. The molecule has 0 saturated heterocycles. The predicted octanol–water partition coefficient (Wildman–Crippen LogP) is 3.79. The fourth-order valence-corrected chi connectivity index (χ4v) is 2.74. The second-order valence-corrected chi connectivity index (χ2v) is 6.01. The zero-order valence-corrected chi connectivity index (χ0v) is 13.3. The molecular formula is C17H14F3N3O3. The Kier molecular flexibility index (Phi) is 4.31. The lowest BCUT2D eigenvalue weighted by molar-refractivity contribution is -0.384. The molecule has 1 aliphatic carbocycles. The van der Waals surface area contributed by atoms with Crippen LogP contribution in [0.25, 0.3) is 0 Å². The molecule has 0 heterocycles. The third-order valence-corrected chi connectivity index (χ3v) is 4.34. The van der Waals surface area contributed by atoms with Crippen molar-refractivity contribution in [2.75, 3.05) is 5.43 Å². The Morgan fingerprint density at radius 3 is 2.31 bits per heavy atom. The van der Waals surface area contributed by atoms with Crippen molar-refractivity contribution in [1.29, 1.82) is 0 Å². The number of nitrogens with one attached hydrogen (secondary N) is 2. The second kappa shape index (κ2) is 6.32. The third-order valence-electron chi connectivity index (χ3n) is 4.34. The molecule has 1 fully saturated rings. The van der Waals surface area contributed by atoms with E-state index in [1.54, 1.807) is 12.1 Å². The summed E-state index contributed by atoms with van der Waals surface area (Å²) in [7, 11) is 0. The predicted molar refractivity (Wildman–Crippen MR) is 87.2 cm³/mol. The molecule has 3 rings (SSSR count). The van der Waals surface area contributed by atoms with Crippen LogP contribution < -0.4 is 10.9 Å². The van der Waals surface area contributed by atoms with Gasteiger partial charge in [-0.3, -0.25) is 25.8 Å². The quantitative estimate of drug-likeness (QED) is 0.624. The summed E-state index contributed by atoms with van der Waals surface area (Å²) >= 11 is 0. The maximum absolute atomic E-state index is 12.7. The van der Waals surface area contributed by atoms with Crippen molar-refractivity contribution >= 4 is 17.3 Å². The van der Waals surface area contributed by atoms with Crippen molar-refractivity contribution in [1.82, 2.24) is 5.43 Å². The number of amides is 1. The molecule has 6 nitrogen and oxygen atoms in total. The highest BCUT2D eigenvalue weighted by Gasteiger charge is 2.51. The molecule has 0 aliphatic heterocycles. The smallest absolute Gasteiger partial charge is 0.292 e. The number of halogens is 3. The molecule has 1 amide bonds. The molecule has 136 valence electrons. The molecule has 2 aromatic rings. The minimum Gasteiger partial charge on any atom is -0.292 e. The van der Waals surface area contributed by atoms with E-state index in [1.807, 2.05) is 18.2 Å². The van der Waals surface area contributed by atoms with Crippen LogP contribution in [0, 0.1) is 10.1 Å². The van der Waals surface area contributed by atoms with Crippen molar-refractivity contribution in [3.05, 3.63) is 69.8 Å². The first-order valence-electron chi connectivity index (χ1n) is 7.72. The van der Waals surface area contributed by atoms with Crippen LogP contribution in [0.4, 0.5) is 24.5 Å². The van der Waals surface area contributed by atoms with Gasteiger partial charge in [0.2, 0.25) is 5.91 Å². The Bertz CT molecular complexity index is 849. The first kappa shape index (κ1) is 17.7. The van der Waals surface area contributed by atoms with Crippen molar-refractivity contribution in [3.8, 4) is 0 Å². The van der Waals surface area contributed by atoms with Crippen LogP contribution in [-0.2, 0) is 16.4 Å². The molecule has 0 atom stereocenters. The largest absolute Gasteiger partial charge is 0.416 e. The molecule has 2 aromatic carbocycles. The van der Waals surface area contributed by atoms with Crippen LogP contribution in [0.15, 0.2) is 48.5 Å². The molecular weight excluding hydrogens is 351 g/mol. The van der Waals surface area contributed by atoms with E-state index in [-0.39, 0.29) is 5.69 Å². The van der Waals surface area contributed by atoms with E-state index in [1.165, 1.54) is 0 Å². The van der Waals surface area contributed by atoms with Gasteiger partial charge in [-0.05, 0) is 30.5 Å². The highest BCUT2D eigenvalue weighted by atomic mass is 19.4. The van der Waals surface area contributed by atoms with Crippen molar-refractivity contribution in [2.45, 2.75) is 24.4 Å². The fraction of sp³-hybridized carbons (Fsp3) is 0.235. The summed E-state index contributed by atoms with van der Waals surface area (Å²) in [6, 6.07) is 11.1. The van der Waals surface area contributed by atoms with Gasteiger partial charge in [0.1, 0.15) is 5.69 Å². The summed E-state index contributed by atoms with van der Waals surface area (Å²) < 4.78 is 38.1. The van der Waals surface area contributed by atoms with Gasteiger partial charge in [-0.1, -0.05) is 30.3 Å². The van der Waals surface area contributed by atoms with Crippen LogP contribution in [0.1, 0.15) is 24.0 Å². The molecule has 0 aromatic heterocycles.